The summed E-state index contributed by atoms with van der Waals surface area (Å²) in [6.07, 6.45) is 10.3. The van der Waals surface area contributed by atoms with Gasteiger partial charge in [-0.05, 0) is 67.7 Å². The quantitative estimate of drug-likeness (QED) is 0.166. The van der Waals surface area contributed by atoms with Crippen molar-refractivity contribution in [3.8, 4) is 0 Å². The molecule has 3 heterocycles. The van der Waals surface area contributed by atoms with Gasteiger partial charge in [-0.3, -0.25) is 0 Å². The molecule has 11 heteroatoms. The number of hydrogen-bond acceptors (Lipinski definition) is 8. The summed E-state index contributed by atoms with van der Waals surface area (Å²) in [6, 6.07) is 24.6. The van der Waals surface area contributed by atoms with Crippen LogP contribution in [0.2, 0.25) is 0 Å². The number of carbonyl (C=O) groups excluding carboxylic acids is 2. The van der Waals surface area contributed by atoms with Crippen molar-refractivity contribution < 1.29 is 83.5 Å². The van der Waals surface area contributed by atoms with Crippen LogP contribution in [0.15, 0.2) is 123 Å². The van der Waals surface area contributed by atoms with E-state index in [2.05, 4.69) is 91.8 Å². The molecule has 0 radical (unpaired) electrons. The standard InChI is InChI=1S/C42H41N3O4S2.2Na/c1-41(2)29-11-5-8-14-32(29)44(25-23-37(46)47)35(41)21-19-27-17-18-28(39(27)51-40-43-31-13-7-10-16-34(31)50-40)20-22-36-42(3,4)30-12-6-9-15-33(30)45(36)26-24-38(48)49;;/h5-16,19-22H,17-18,23-26H2,1-4H3,(H-,46,47,48,49);;/q;2*+1/p-1. The van der Waals surface area contributed by atoms with E-state index in [9.17, 15) is 19.8 Å². The Morgan fingerprint density at radius 3 is 2.26 bits per heavy atom. The van der Waals surface area contributed by atoms with Gasteiger partial charge >= 0.3 is 59.1 Å². The Kier molecular flexibility index (Phi) is 13.3. The average molecular weight is 761 g/mol. The second-order valence-corrected chi connectivity index (χ2v) is 16.5. The van der Waals surface area contributed by atoms with Gasteiger partial charge in [0.1, 0.15) is 0 Å². The Balaban J connectivity index is 0.00000271. The zero-order chi connectivity index (χ0) is 35.9. The molecule has 0 spiro atoms. The molecule has 1 aliphatic carbocycles. The molecule has 2 aliphatic heterocycles. The molecule has 1 aromatic heterocycles. The monoisotopic (exact) mass is 760 g/mol. The number of aliphatic carboxylic acids is 2. The number of thioether (sulfide) groups is 1. The van der Waals surface area contributed by atoms with Gasteiger partial charge in [0.2, 0.25) is 5.69 Å². The molecule has 0 atom stereocenters. The predicted octanol–water partition coefficient (Wildman–Crippen LogP) is 0.965. The zero-order valence-corrected chi connectivity index (χ0v) is 36.9. The first-order chi connectivity index (χ1) is 24.4. The smallest absolute Gasteiger partial charge is 0.550 e. The Morgan fingerprint density at radius 1 is 0.849 bits per heavy atom. The van der Waals surface area contributed by atoms with Gasteiger partial charge in [-0.2, -0.15) is 4.58 Å². The zero-order valence-electron chi connectivity index (χ0n) is 31.3. The third kappa shape index (κ3) is 8.29. The number of rotatable bonds is 11. The number of hydrogen-bond donors (Lipinski definition) is 0. The molecule has 7 nitrogen and oxygen atoms in total. The van der Waals surface area contributed by atoms with Crippen LogP contribution in [-0.4, -0.2) is 40.3 Å². The summed E-state index contributed by atoms with van der Waals surface area (Å²) in [7, 11) is 0. The molecule has 0 saturated carbocycles. The first-order valence-electron chi connectivity index (χ1n) is 17.3. The molecular weight excluding hydrogens is 721 g/mol. The van der Waals surface area contributed by atoms with Gasteiger partial charge in [0.15, 0.2) is 16.6 Å². The van der Waals surface area contributed by atoms with Crippen LogP contribution in [0.5, 0.6) is 0 Å². The van der Waals surface area contributed by atoms with Crippen molar-refractivity contribution in [1.82, 2.24) is 4.98 Å². The van der Waals surface area contributed by atoms with Crippen LogP contribution in [-0.2, 0) is 20.4 Å². The fourth-order valence-corrected chi connectivity index (χ4v) is 9.97. The Bertz CT molecular complexity index is 2200. The molecule has 3 aliphatic rings. The second-order valence-electron chi connectivity index (χ2n) is 14.2. The van der Waals surface area contributed by atoms with E-state index in [1.807, 2.05) is 42.5 Å². The molecule has 0 N–H and O–H groups in total. The number of anilines is 1. The molecule has 53 heavy (non-hydrogen) atoms. The van der Waals surface area contributed by atoms with Crippen molar-refractivity contribution in [2.75, 3.05) is 18.0 Å². The molecule has 3 aromatic carbocycles. The number of carboxylic acids is 2. The summed E-state index contributed by atoms with van der Waals surface area (Å²) in [6.45, 7) is 9.43. The van der Waals surface area contributed by atoms with Crippen molar-refractivity contribution in [1.29, 1.82) is 0 Å². The van der Waals surface area contributed by atoms with Gasteiger partial charge in [0.25, 0.3) is 0 Å². The van der Waals surface area contributed by atoms with Gasteiger partial charge in [-0.1, -0.05) is 86.3 Å². The summed E-state index contributed by atoms with van der Waals surface area (Å²) in [5.74, 6) is -2.13. The van der Waals surface area contributed by atoms with Crippen LogP contribution in [0.3, 0.4) is 0 Å². The molecule has 0 fully saturated rings. The van der Waals surface area contributed by atoms with E-state index in [0.717, 1.165) is 55.1 Å². The Hall–Kier alpha value is -2.73. The van der Waals surface area contributed by atoms with Crippen LogP contribution >= 0.6 is 23.1 Å². The number of fused-ring (bicyclic) bond motifs is 3. The maximum Gasteiger partial charge on any atom is 1.00 e. The fourth-order valence-electron chi connectivity index (χ4n) is 7.66. The Morgan fingerprint density at radius 2 is 1.53 bits per heavy atom. The van der Waals surface area contributed by atoms with E-state index >= 15 is 0 Å². The summed E-state index contributed by atoms with van der Waals surface area (Å²) >= 11 is 3.38. The molecule has 0 saturated heterocycles. The van der Waals surface area contributed by atoms with Crippen LogP contribution in [0.4, 0.5) is 11.4 Å². The number of carbonyl (C=O) groups is 2. The minimum atomic E-state index is -1.07. The van der Waals surface area contributed by atoms with Crippen molar-refractivity contribution in [3.63, 3.8) is 0 Å². The van der Waals surface area contributed by atoms with E-state index in [1.165, 1.54) is 22.3 Å². The van der Waals surface area contributed by atoms with E-state index in [1.54, 1.807) is 23.1 Å². The van der Waals surface area contributed by atoms with Gasteiger partial charge in [-0.15, -0.1) is 11.3 Å². The van der Waals surface area contributed by atoms with Crippen LogP contribution in [0, 0.1) is 0 Å². The molecule has 0 unspecified atom stereocenters. The minimum Gasteiger partial charge on any atom is -0.550 e. The largest absolute Gasteiger partial charge is 1.00 e. The number of para-hydroxylation sites is 3. The topological polar surface area (TPSA) is 99.4 Å². The van der Waals surface area contributed by atoms with Gasteiger partial charge in [0.05, 0.1) is 15.6 Å². The van der Waals surface area contributed by atoms with E-state index in [0.29, 0.717) is 13.1 Å². The molecule has 260 valence electrons. The van der Waals surface area contributed by atoms with Gasteiger partial charge < -0.3 is 24.7 Å². The summed E-state index contributed by atoms with van der Waals surface area (Å²) in [5.41, 5.74) is 9.24. The Labute approximate surface area is 363 Å². The van der Waals surface area contributed by atoms with Gasteiger partial charge in [-0.25, -0.2) is 4.98 Å². The first-order valence-corrected chi connectivity index (χ1v) is 19.0. The fraction of sp³-hybridized carbons (Fsp3) is 0.286. The number of thiazole rings is 1. The van der Waals surface area contributed by atoms with Crippen molar-refractivity contribution in [2.45, 2.75) is 68.5 Å². The number of aromatic nitrogens is 1. The SMILES string of the molecule is CC1(C)C(/C=C/C2=C(Sc3nc4ccccc4s3)C(=C/C=C3/N(CCC(=O)[O-])c4ccccc4C3(C)C)/CC2)=[N+](CCC(=O)[O-])c2ccccc21.[Na+].[Na+]. The summed E-state index contributed by atoms with van der Waals surface area (Å²) in [5, 5.41) is 23.1. The van der Waals surface area contributed by atoms with Crippen LogP contribution in [0.1, 0.15) is 64.5 Å². The first kappa shape index (κ1) is 41.4. The van der Waals surface area contributed by atoms with Gasteiger partial charge in [0, 0.05) is 70.7 Å². The minimum absolute atomic E-state index is 0. The van der Waals surface area contributed by atoms with Crippen molar-refractivity contribution >= 4 is 62.3 Å². The number of carboxylic acid groups (broad SMARTS) is 2. The number of nitrogens with zero attached hydrogens (tertiary/aromatic N) is 3. The van der Waals surface area contributed by atoms with E-state index < -0.39 is 11.9 Å². The molecule has 4 aromatic rings. The molecular formula is C42H40N3Na2O4S2+. The van der Waals surface area contributed by atoms with E-state index in [4.69, 9.17) is 4.98 Å². The normalized spacial score (nSPS) is 18.5. The predicted molar refractivity (Wildman–Crippen MR) is 202 cm³/mol. The van der Waals surface area contributed by atoms with Crippen LogP contribution in [0.25, 0.3) is 10.2 Å². The van der Waals surface area contributed by atoms with Crippen molar-refractivity contribution in [2.24, 2.45) is 0 Å². The van der Waals surface area contributed by atoms with E-state index in [-0.39, 0.29) is 82.8 Å². The van der Waals surface area contributed by atoms with Crippen LogP contribution < -0.4 is 74.2 Å². The maximum atomic E-state index is 11.5. The number of allylic oxidation sites excluding steroid dienone is 7. The summed E-state index contributed by atoms with van der Waals surface area (Å²) in [4.78, 5) is 31.3. The number of benzene rings is 3. The molecule has 0 bridgehead atoms. The third-order valence-electron chi connectivity index (χ3n) is 10.3. The average Bonchev–Trinajstić information content (AvgIpc) is 3.80. The molecule has 0 amide bonds. The summed E-state index contributed by atoms with van der Waals surface area (Å²) < 4.78 is 4.24. The molecule has 7 rings (SSSR count). The second kappa shape index (κ2) is 17.0. The van der Waals surface area contributed by atoms with Crippen molar-refractivity contribution in [3.05, 3.63) is 130 Å². The third-order valence-corrected chi connectivity index (χ3v) is 12.6. The maximum absolute atomic E-state index is 11.5.